The Labute approximate surface area is 152 Å². The molecule has 1 heterocycles. The maximum Gasteiger partial charge on any atom is 0.218 e. The average molecular weight is 351 g/mol. The summed E-state index contributed by atoms with van der Waals surface area (Å²) in [6, 6.07) is 18.6. The van der Waals surface area contributed by atoms with Crippen LogP contribution < -0.4 is 0 Å². The molecule has 0 spiro atoms. The van der Waals surface area contributed by atoms with Crippen molar-refractivity contribution in [3.8, 4) is 0 Å². The molecule has 0 saturated carbocycles. The van der Waals surface area contributed by atoms with Crippen molar-refractivity contribution in [3.05, 3.63) is 83.6 Å². The van der Waals surface area contributed by atoms with Crippen molar-refractivity contribution in [1.82, 2.24) is 4.98 Å². The number of aliphatic hydroxyl groups is 1. The lowest BCUT2D eigenvalue weighted by Gasteiger charge is -2.02. The van der Waals surface area contributed by atoms with Gasteiger partial charge in [-0.3, -0.25) is 0 Å². The summed E-state index contributed by atoms with van der Waals surface area (Å²) < 4.78 is 5.50. The molecule has 25 heavy (non-hydrogen) atoms. The number of hydrogen-bond donors (Lipinski definition) is 1. The minimum atomic E-state index is 0.240. The van der Waals surface area contributed by atoms with Crippen LogP contribution in [-0.4, -0.2) is 16.7 Å². The lowest BCUT2D eigenvalue weighted by molar-refractivity contribution is 0.288. The molecular weight excluding hydrogens is 330 g/mol. The summed E-state index contributed by atoms with van der Waals surface area (Å²) in [4.78, 5) is 5.70. The van der Waals surface area contributed by atoms with E-state index in [-0.39, 0.29) is 6.61 Å². The van der Waals surface area contributed by atoms with Gasteiger partial charge in [-0.05, 0) is 42.2 Å². The zero-order valence-corrected chi connectivity index (χ0v) is 14.8. The van der Waals surface area contributed by atoms with Crippen molar-refractivity contribution in [2.24, 2.45) is 0 Å². The highest BCUT2D eigenvalue weighted by Gasteiger charge is 2.03. The summed E-state index contributed by atoms with van der Waals surface area (Å²) in [7, 11) is 0. The highest BCUT2D eigenvalue weighted by molar-refractivity contribution is 7.98. The molecule has 0 atom stereocenters. The van der Waals surface area contributed by atoms with Crippen molar-refractivity contribution in [2.45, 2.75) is 23.5 Å². The molecule has 128 valence electrons. The molecule has 0 bridgehead atoms. The van der Waals surface area contributed by atoms with Gasteiger partial charge < -0.3 is 9.52 Å². The average Bonchev–Trinajstić information content (AvgIpc) is 3.13. The maximum absolute atomic E-state index is 8.87. The number of rotatable bonds is 8. The molecule has 0 amide bonds. The predicted molar refractivity (Wildman–Crippen MR) is 103 cm³/mol. The van der Waals surface area contributed by atoms with Gasteiger partial charge in [0, 0.05) is 23.3 Å². The molecule has 0 aliphatic carbocycles. The molecule has 0 unspecified atom stereocenters. The number of thioether (sulfide) groups is 1. The molecule has 0 saturated heterocycles. The summed E-state index contributed by atoms with van der Waals surface area (Å²) in [5.41, 5.74) is 3.31. The Morgan fingerprint density at radius 3 is 2.56 bits per heavy atom. The van der Waals surface area contributed by atoms with E-state index in [2.05, 4.69) is 29.2 Å². The Kier molecular flexibility index (Phi) is 6.48. The Morgan fingerprint density at radius 1 is 1.00 bits per heavy atom. The summed E-state index contributed by atoms with van der Waals surface area (Å²) in [5, 5.41) is 8.87. The number of oxazole rings is 1. The second kappa shape index (κ2) is 9.25. The van der Waals surface area contributed by atoms with Gasteiger partial charge in [-0.2, -0.15) is 0 Å². The van der Waals surface area contributed by atoms with E-state index in [1.54, 1.807) is 18.0 Å². The van der Waals surface area contributed by atoms with Crippen LogP contribution in [0.15, 0.2) is 70.2 Å². The van der Waals surface area contributed by atoms with E-state index in [1.807, 2.05) is 42.5 Å². The van der Waals surface area contributed by atoms with Crippen molar-refractivity contribution in [1.29, 1.82) is 0 Å². The topological polar surface area (TPSA) is 46.3 Å². The third-order valence-corrected chi connectivity index (χ3v) is 4.77. The molecule has 4 heteroatoms. The Morgan fingerprint density at radius 2 is 1.80 bits per heavy atom. The lowest BCUT2D eigenvalue weighted by Crippen LogP contribution is -1.89. The minimum Gasteiger partial charge on any atom is -0.445 e. The van der Waals surface area contributed by atoms with Gasteiger partial charge in [0.25, 0.3) is 0 Å². The smallest absolute Gasteiger partial charge is 0.218 e. The fourth-order valence-corrected chi connectivity index (χ4v) is 3.17. The summed E-state index contributed by atoms with van der Waals surface area (Å²) in [5.74, 6) is 1.40. The van der Waals surface area contributed by atoms with Gasteiger partial charge >= 0.3 is 0 Å². The fraction of sp³-hybridized carbons (Fsp3) is 0.190. The molecule has 0 aliphatic heterocycles. The van der Waals surface area contributed by atoms with Gasteiger partial charge in [0.2, 0.25) is 5.89 Å². The summed E-state index contributed by atoms with van der Waals surface area (Å²) >= 11 is 1.74. The first kappa shape index (κ1) is 17.5. The fourth-order valence-electron chi connectivity index (χ4n) is 2.39. The van der Waals surface area contributed by atoms with Crippen LogP contribution >= 0.6 is 11.8 Å². The van der Waals surface area contributed by atoms with Crippen LogP contribution in [0.2, 0.25) is 0 Å². The molecule has 0 radical (unpaired) electrons. The van der Waals surface area contributed by atoms with Gasteiger partial charge in [-0.25, -0.2) is 4.98 Å². The summed E-state index contributed by atoms with van der Waals surface area (Å²) in [6.07, 6.45) is 7.33. The quantitative estimate of drug-likeness (QED) is 0.576. The molecular formula is C21H21NO2S. The number of aryl methyl sites for hydroxylation is 1. The second-order valence-corrected chi connectivity index (χ2v) is 6.73. The van der Waals surface area contributed by atoms with E-state index < -0.39 is 0 Å². The van der Waals surface area contributed by atoms with Crippen LogP contribution in [0.5, 0.6) is 0 Å². The molecule has 1 aromatic heterocycles. The van der Waals surface area contributed by atoms with Crippen LogP contribution in [0.3, 0.4) is 0 Å². The largest absolute Gasteiger partial charge is 0.445 e. The van der Waals surface area contributed by atoms with Gasteiger partial charge in [-0.15, -0.1) is 11.8 Å². The Hall–Kier alpha value is -2.30. The molecule has 1 N–H and O–H groups in total. The molecule has 0 aliphatic rings. The van der Waals surface area contributed by atoms with Crippen molar-refractivity contribution < 1.29 is 9.52 Å². The number of benzene rings is 2. The standard InChI is InChI=1S/C21H21NO2S/c23-14-4-7-18-8-11-20(12-9-18)25-16-19-15-24-21(22-19)13-10-17-5-2-1-3-6-17/h1-3,5-6,8-13,15,23H,4,7,14,16H2. The minimum absolute atomic E-state index is 0.240. The Balaban J connectivity index is 1.52. The molecule has 3 aromatic rings. The van der Waals surface area contributed by atoms with Crippen LogP contribution in [0, 0.1) is 0 Å². The van der Waals surface area contributed by atoms with Gasteiger partial charge in [0.1, 0.15) is 6.26 Å². The monoisotopic (exact) mass is 351 g/mol. The zero-order valence-electron chi connectivity index (χ0n) is 14.0. The van der Waals surface area contributed by atoms with Crippen molar-refractivity contribution >= 4 is 23.9 Å². The second-order valence-electron chi connectivity index (χ2n) is 5.68. The first-order valence-electron chi connectivity index (χ1n) is 8.33. The molecule has 2 aromatic carbocycles. The molecule has 0 fully saturated rings. The van der Waals surface area contributed by atoms with E-state index in [4.69, 9.17) is 9.52 Å². The van der Waals surface area contributed by atoms with Gasteiger partial charge in [-0.1, -0.05) is 42.5 Å². The highest BCUT2D eigenvalue weighted by atomic mass is 32.2. The van der Waals surface area contributed by atoms with E-state index in [1.165, 1.54) is 10.5 Å². The van der Waals surface area contributed by atoms with Crippen molar-refractivity contribution in [3.63, 3.8) is 0 Å². The number of nitrogens with zero attached hydrogens (tertiary/aromatic N) is 1. The van der Waals surface area contributed by atoms with E-state index in [0.717, 1.165) is 29.9 Å². The third-order valence-electron chi connectivity index (χ3n) is 3.72. The number of aromatic nitrogens is 1. The Bertz CT molecular complexity index is 794. The first-order chi connectivity index (χ1) is 12.3. The van der Waals surface area contributed by atoms with Gasteiger partial charge in [0.05, 0.1) is 5.69 Å². The van der Waals surface area contributed by atoms with Crippen molar-refractivity contribution in [2.75, 3.05) is 6.61 Å². The van der Waals surface area contributed by atoms with E-state index in [0.29, 0.717) is 5.89 Å². The van der Waals surface area contributed by atoms with E-state index in [9.17, 15) is 0 Å². The van der Waals surface area contributed by atoms with E-state index >= 15 is 0 Å². The van der Waals surface area contributed by atoms with Crippen LogP contribution in [0.25, 0.3) is 12.2 Å². The lowest BCUT2D eigenvalue weighted by atomic mass is 10.1. The third kappa shape index (κ3) is 5.62. The SMILES string of the molecule is OCCCc1ccc(SCc2coc(C=Cc3ccccc3)n2)cc1. The van der Waals surface area contributed by atoms with Crippen LogP contribution in [0.1, 0.15) is 29.1 Å². The summed E-state index contributed by atoms with van der Waals surface area (Å²) in [6.45, 7) is 0.240. The van der Waals surface area contributed by atoms with Gasteiger partial charge in [0.15, 0.2) is 0 Å². The maximum atomic E-state index is 8.87. The normalized spacial score (nSPS) is 11.2. The first-order valence-corrected chi connectivity index (χ1v) is 9.32. The molecule has 3 rings (SSSR count). The van der Waals surface area contributed by atoms with Crippen LogP contribution in [0.4, 0.5) is 0 Å². The predicted octanol–water partition coefficient (Wildman–Crippen LogP) is 5.06. The zero-order chi connectivity index (χ0) is 17.3. The number of hydrogen-bond acceptors (Lipinski definition) is 4. The number of aliphatic hydroxyl groups excluding tert-OH is 1. The van der Waals surface area contributed by atoms with Crippen LogP contribution in [-0.2, 0) is 12.2 Å². The molecule has 3 nitrogen and oxygen atoms in total. The highest BCUT2D eigenvalue weighted by Crippen LogP contribution is 2.23.